The van der Waals surface area contributed by atoms with E-state index in [4.69, 9.17) is 0 Å². The fraction of sp³-hybridized carbons (Fsp3) is 0.364. The monoisotopic (exact) mass is 271 g/mol. The first-order chi connectivity index (χ1) is 7.08. The summed E-state index contributed by atoms with van der Waals surface area (Å²) in [7, 11) is 0. The zero-order valence-corrected chi connectivity index (χ0v) is 9.84. The molecule has 80 valence electrons. The van der Waals surface area contributed by atoms with E-state index in [-0.39, 0.29) is 17.5 Å². The number of nitrogens with one attached hydrogen (secondary N) is 1. The number of hydrogen-bond acceptors (Lipinski definition) is 1. The van der Waals surface area contributed by atoms with Crippen molar-refractivity contribution in [3.63, 3.8) is 0 Å². The van der Waals surface area contributed by atoms with E-state index in [1.165, 1.54) is 6.07 Å². The first kappa shape index (κ1) is 10.6. The summed E-state index contributed by atoms with van der Waals surface area (Å²) in [5, 5.41) is 2.60. The molecule has 2 rings (SSSR count). The van der Waals surface area contributed by atoms with E-state index in [2.05, 4.69) is 21.2 Å². The number of carbonyl (C=O) groups excluding carboxylic acids is 1. The normalized spacial score (nSPS) is 23.7. The predicted octanol–water partition coefficient (Wildman–Crippen LogP) is 3.18. The standard InChI is InChI=1S/C11H11BrFNO/c1-6-4-8(6)11(15)14-10-3-2-7(12)5-9(10)13/h2-3,5-6,8H,4H2,1H3,(H,14,15)/t6-,8+/m1/s1. The van der Waals surface area contributed by atoms with Crippen LogP contribution < -0.4 is 5.32 Å². The van der Waals surface area contributed by atoms with Crippen molar-refractivity contribution in [1.29, 1.82) is 0 Å². The number of carbonyl (C=O) groups is 1. The summed E-state index contributed by atoms with van der Waals surface area (Å²) < 4.78 is 14.0. The quantitative estimate of drug-likeness (QED) is 0.880. The van der Waals surface area contributed by atoms with Gasteiger partial charge < -0.3 is 5.32 Å². The number of anilines is 1. The van der Waals surface area contributed by atoms with Gasteiger partial charge in [0.25, 0.3) is 0 Å². The van der Waals surface area contributed by atoms with Gasteiger partial charge >= 0.3 is 0 Å². The van der Waals surface area contributed by atoms with Gasteiger partial charge in [0, 0.05) is 10.4 Å². The summed E-state index contributed by atoms with van der Waals surface area (Å²) >= 11 is 3.16. The fourth-order valence-corrected chi connectivity index (χ4v) is 1.84. The minimum atomic E-state index is -0.411. The van der Waals surface area contributed by atoms with Crippen LogP contribution in [0, 0.1) is 17.7 Å². The van der Waals surface area contributed by atoms with E-state index >= 15 is 0 Å². The molecule has 0 spiro atoms. The van der Waals surface area contributed by atoms with Crippen molar-refractivity contribution in [1.82, 2.24) is 0 Å². The Balaban J connectivity index is 2.07. The number of hydrogen-bond donors (Lipinski definition) is 1. The average Bonchev–Trinajstić information content (AvgIpc) is 2.88. The lowest BCUT2D eigenvalue weighted by Gasteiger charge is -2.05. The second-order valence-electron chi connectivity index (χ2n) is 3.93. The van der Waals surface area contributed by atoms with Crippen LogP contribution >= 0.6 is 15.9 Å². The van der Waals surface area contributed by atoms with Gasteiger partial charge in [-0.2, -0.15) is 0 Å². The van der Waals surface area contributed by atoms with Crippen LogP contribution in [0.25, 0.3) is 0 Å². The van der Waals surface area contributed by atoms with Crippen LogP contribution in [0.2, 0.25) is 0 Å². The molecule has 2 atom stereocenters. The topological polar surface area (TPSA) is 29.1 Å². The maximum Gasteiger partial charge on any atom is 0.227 e. The predicted molar refractivity (Wildman–Crippen MR) is 60.0 cm³/mol. The van der Waals surface area contributed by atoms with E-state index in [9.17, 15) is 9.18 Å². The highest BCUT2D eigenvalue weighted by molar-refractivity contribution is 9.10. The number of amides is 1. The fourth-order valence-electron chi connectivity index (χ4n) is 1.50. The molecular weight excluding hydrogens is 261 g/mol. The van der Waals surface area contributed by atoms with Gasteiger partial charge in [-0.05, 0) is 30.5 Å². The molecule has 0 aliphatic heterocycles. The Labute approximate surface area is 96.0 Å². The highest BCUT2D eigenvalue weighted by atomic mass is 79.9. The second-order valence-corrected chi connectivity index (χ2v) is 4.85. The van der Waals surface area contributed by atoms with Crippen molar-refractivity contribution in [3.8, 4) is 0 Å². The smallest absolute Gasteiger partial charge is 0.227 e. The van der Waals surface area contributed by atoms with Crippen molar-refractivity contribution in [2.75, 3.05) is 5.32 Å². The molecule has 1 aliphatic rings. The third kappa shape index (κ3) is 2.37. The van der Waals surface area contributed by atoms with Crippen molar-refractivity contribution >= 4 is 27.5 Å². The first-order valence-electron chi connectivity index (χ1n) is 4.84. The molecule has 0 heterocycles. The van der Waals surface area contributed by atoms with Crippen LogP contribution in [0.1, 0.15) is 13.3 Å². The lowest BCUT2D eigenvalue weighted by Crippen LogP contribution is -2.15. The zero-order valence-electron chi connectivity index (χ0n) is 8.26. The second kappa shape index (κ2) is 3.93. The van der Waals surface area contributed by atoms with Gasteiger partial charge in [-0.15, -0.1) is 0 Å². The minimum absolute atomic E-state index is 0.0630. The van der Waals surface area contributed by atoms with Gasteiger partial charge in [0.2, 0.25) is 5.91 Å². The Morgan fingerprint density at radius 2 is 2.27 bits per heavy atom. The molecule has 0 bridgehead atoms. The summed E-state index contributed by atoms with van der Waals surface area (Å²) in [6.45, 7) is 2.02. The van der Waals surface area contributed by atoms with Crippen LogP contribution in [-0.2, 0) is 4.79 Å². The molecule has 0 aromatic heterocycles. The SMILES string of the molecule is C[C@@H]1C[C@@H]1C(=O)Nc1ccc(Br)cc1F. The van der Waals surface area contributed by atoms with E-state index < -0.39 is 5.82 Å². The number of benzene rings is 1. The van der Waals surface area contributed by atoms with E-state index in [0.29, 0.717) is 10.4 Å². The maximum absolute atomic E-state index is 13.3. The largest absolute Gasteiger partial charge is 0.323 e. The maximum atomic E-state index is 13.3. The van der Waals surface area contributed by atoms with Crippen molar-refractivity contribution in [3.05, 3.63) is 28.5 Å². The highest BCUT2D eigenvalue weighted by Crippen LogP contribution is 2.38. The van der Waals surface area contributed by atoms with Gasteiger partial charge in [0.1, 0.15) is 5.82 Å². The molecule has 1 saturated carbocycles. The molecule has 1 aliphatic carbocycles. The minimum Gasteiger partial charge on any atom is -0.323 e. The van der Waals surface area contributed by atoms with Gasteiger partial charge in [0.05, 0.1) is 5.69 Å². The Bertz CT molecular complexity index is 408. The lowest BCUT2D eigenvalue weighted by molar-refractivity contribution is -0.117. The third-order valence-electron chi connectivity index (χ3n) is 2.64. The molecular formula is C11H11BrFNO. The summed E-state index contributed by atoms with van der Waals surface area (Å²) in [4.78, 5) is 11.5. The Hall–Kier alpha value is -0.900. The number of halogens is 2. The molecule has 1 N–H and O–H groups in total. The summed E-state index contributed by atoms with van der Waals surface area (Å²) in [6, 6.07) is 4.60. The Morgan fingerprint density at radius 1 is 1.60 bits per heavy atom. The molecule has 15 heavy (non-hydrogen) atoms. The summed E-state index contributed by atoms with van der Waals surface area (Å²) in [5.41, 5.74) is 0.252. The van der Waals surface area contributed by atoms with Gasteiger partial charge in [-0.25, -0.2) is 4.39 Å². The Kier molecular flexibility index (Phi) is 2.78. The molecule has 1 amide bonds. The van der Waals surface area contributed by atoms with Gasteiger partial charge in [0.15, 0.2) is 0 Å². The number of rotatable bonds is 2. The third-order valence-corrected chi connectivity index (χ3v) is 3.13. The zero-order chi connectivity index (χ0) is 11.0. The lowest BCUT2D eigenvalue weighted by atomic mass is 10.2. The van der Waals surface area contributed by atoms with Crippen molar-refractivity contribution in [2.24, 2.45) is 11.8 Å². The van der Waals surface area contributed by atoms with Crippen LogP contribution in [0.4, 0.5) is 10.1 Å². The van der Waals surface area contributed by atoms with E-state index in [1.54, 1.807) is 12.1 Å². The molecule has 1 aromatic carbocycles. The van der Waals surface area contributed by atoms with E-state index in [0.717, 1.165) is 6.42 Å². The van der Waals surface area contributed by atoms with Gasteiger partial charge in [-0.1, -0.05) is 22.9 Å². The Morgan fingerprint density at radius 3 is 2.80 bits per heavy atom. The van der Waals surface area contributed by atoms with Crippen LogP contribution in [0.5, 0.6) is 0 Å². The summed E-state index contributed by atoms with van der Waals surface area (Å²) in [5.74, 6) is 0.00584. The van der Waals surface area contributed by atoms with Crippen LogP contribution in [0.3, 0.4) is 0 Å². The van der Waals surface area contributed by atoms with Crippen LogP contribution in [-0.4, -0.2) is 5.91 Å². The first-order valence-corrected chi connectivity index (χ1v) is 5.63. The van der Waals surface area contributed by atoms with Crippen molar-refractivity contribution < 1.29 is 9.18 Å². The van der Waals surface area contributed by atoms with E-state index in [1.807, 2.05) is 6.92 Å². The summed E-state index contributed by atoms with van der Waals surface area (Å²) in [6.07, 6.45) is 0.907. The van der Waals surface area contributed by atoms with Crippen LogP contribution in [0.15, 0.2) is 22.7 Å². The molecule has 0 unspecified atom stereocenters. The molecule has 0 saturated heterocycles. The molecule has 1 aromatic rings. The molecule has 2 nitrogen and oxygen atoms in total. The average molecular weight is 272 g/mol. The molecule has 4 heteroatoms. The highest BCUT2D eigenvalue weighted by Gasteiger charge is 2.39. The van der Waals surface area contributed by atoms with Gasteiger partial charge in [-0.3, -0.25) is 4.79 Å². The van der Waals surface area contributed by atoms with Crippen molar-refractivity contribution in [2.45, 2.75) is 13.3 Å². The molecule has 0 radical (unpaired) electrons. The molecule has 1 fully saturated rings.